The molecular formula is C14H12N2O2S. The number of sulfone groups is 1. The summed E-state index contributed by atoms with van der Waals surface area (Å²) >= 11 is 0. The van der Waals surface area contributed by atoms with Crippen LogP contribution in [0.4, 0.5) is 5.69 Å². The van der Waals surface area contributed by atoms with E-state index in [2.05, 4.69) is 10.5 Å². The van der Waals surface area contributed by atoms with Crippen molar-refractivity contribution in [1.29, 1.82) is 0 Å². The predicted molar refractivity (Wildman–Crippen MR) is 75.1 cm³/mol. The third kappa shape index (κ3) is 2.24. The SMILES string of the molecule is O=S1(=O)C/C(=N\Nc2ccccc2)c2ccccc21. The third-order valence-electron chi connectivity index (χ3n) is 2.95. The Labute approximate surface area is 111 Å². The van der Waals surface area contributed by atoms with E-state index in [4.69, 9.17) is 0 Å². The normalized spacial score (nSPS) is 18.2. The molecule has 0 fully saturated rings. The first-order valence-corrected chi connectivity index (χ1v) is 7.52. The molecular weight excluding hydrogens is 260 g/mol. The molecule has 0 aromatic heterocycles. The van der Waals surface area contributed by atoms with Crippen LogP contribution in [0.5, 0.6) is 0 Å². The number of fused-ring (bicyclic) bond motifs is 1. The fraction of sp³-hybridized carbons (Fsp3) is 0.0714. The highest BCUT2D eigenvalue weighted by molar-refractivity contribution is 7.92. The van der Waals surface area contributed by atoms with Gasteiger partial charge in [-0.05, 0) is 18.2 Å². The van der Waals surface area contributed by atoms with Crippen LogP contribution in [-0.2, 0) is 9.84 Å². The van der Waals surface area contributed by atoms with Crippen molar-refractivity contribution in [2.75, 3.05) is 11.2 Å². The molecule has 1 heterocycles. The van der Waals surface area contributed by atoms with E-state index < -0.39 is 9.84 Å². The highest BCUT2D eigenvalue weighted by Gasteiger charge is 2.31. The van der Waals surface area contributed by atoms with Gasteiger partial charge in [-0.1, -0.05) is 36.4 Å². The summed E-state index contributed by atoms with van der Waals surface area (Å²) in [4.78, 5) is 0.364. The summed E-state index contributed by atoms with van der Waals surface area (Å²) in [6.45, 7) is 0. The maximum absolute atomic E-state index is 12.0. The molecule has 1 aliphatic heterocycles. The molecule has 1 aliphatic rings. The van der Waals surface area contributed by atoms with Gasteiger partial charge in [-0.15, -0.1) is 0 Å². The quantitative estimate of drug-likeness (QED) is 0.853. The molecule has 0 amide bonds. The van der Waals surface area contributed by atoms with Crippen molar-refractivity contribution >= 4 is 21.2 Å². The molecule has 0 atom stereocenters. The van der Waals surface area contributed by atoms with Crippen molar-refractivity contribution in [3.8, 4) is 0 Å². The summed E-state index contributed by atoms with van der Waals surface area (Å²) in [6, 6.07) is 16.4. The lowest BCUT2D eigenvalue weighted by molar-refractivity contribution is 0.601. The largest absolute Gasteiger partial charge is 0.278 e. The highest BCUT2D eigenvalue weighted by Crippen LogP contribution is 2.26. The van der Waals surface area contributed by atoms with Crippen LogP contribution in [-0.4, -0.2) is 19.9 Å². The zero-order chi connectivity index (χ0) is 13.3. The van der Waals surface area contributed by atoms with Crippen LogP contribution in [0.25, 0.3) is 0 Å². The molecule has 3 rings (SSSR count). The van der Waals surface area contributed by atoms with Gasteiger partial charge in [0.1, 0.15) is 0 Å². The Balaban J connectivity index is 1.96. The molecule has 96 valence electrons. The maximum atomic E-state index is 12.0. The maximum Gasteiger partial charge on any atom is 0.184 e. The van der Waals surface area contributed by atoms with Gasteiger partial charge in [-0.3, -0.25) is 5.43 Å². The number of rotatable bonds is 2. The Kier molecular flexibility index (Phi) is 2.83. The Morgan fingerprint density at radius 3 is 2.42 bits per heavy atom. The Bertz CT molecular complexity index is 737. The molecule has 2 aromatic rings. The van der Waals surface area contributed by atoms with Gasteiger partial charge < -0.3 is 0 Å². The summed E-state index contributed by atoms with van der Waals surface area (Å²) in [6.07, 6.45) is 0. The fourth-order valence-electron chi connectivity index (χ4n) is 2.05. The van der Waals surface area contributed by atoms with E-state index >= 15 is 0 Å². The molecule has 0 saturated heterocycles. The Hall–Kier alpha value is -2.14. The van der Waals surface area contributed by atoms with Crippen LogP contribution < -0.4 is 5.43 Å². The second-order valence-corrected chi connectivity index (χ2v) is 6.25. The average molecular weight is 272 g/mol. The molecule has 2 aromatic carbocycles. The lowest BCUT2D eigenvalue weighted by atomic mass is 10.1. The molecule has 4 nitrogen and oxygen atoms in total. The predicted octanol–water partition coefficient (Wildman–Crippen LogP) is 2.29. The van der Waals surface area contributed by atoms with E-state index in [0.29, 0.717) is 16.2 Å². The summed E-state index contributed by atoms with van der Waals surface area (Å²) in [7, 11) is -3.23. The molecule has 5 heteroatoms. The molecule has 0 unspecified atom stereocenters. The van der Waals surface area contributed by atoms with Crippen LogP contribution in [0.2, 0.25) is 0 Å². The summed E-state index contributed by atoms with van der Waals surface area (Å²) < 4.78 is 23.9. The molecule has 0 aliphatic carbocycles. The topological polar surface area (TPSA) is 58.5 Å². The fourth-order valence-corrected chi connectivity index (χ4v) is 3.59. The van der Waals surface area contributed by atoms with Crippen molar-refractivity contribution in [3.05, 3.63) is 60.2 Å². The average Bonchev–Trinajstić information content (AvgIpc) is 2.70. The molecule has 0 radical (unpaired) electrons. The van der Waals surface area contributed by atoms with Crippen LogP contribution >= 0.6 is 0 Å². The Morgan fingerprint density at radius 1 is 0.947 bits per heavy atom. The van der Waals surface area contributed by atoms with Crippen LogP contribution in [0.15, 0.2) is 64.6 Å². The number of hydrazone groups is 1. The number of nitrogens with one attached hydrogen (secondary N) is 1. The van der Waals surface area contributed by atoms with Crippen molar-refractivity contribution in [2.45, 2.75) is 4.90 Å². The zero-order valence-corrected chi connectivity index (χ0v) is 10.9. The van der Waals surface area contributed by atoms with Gasteiger partial charge in [0.05, 0.1) is 22.0 Å². The van der Waals surface area contributed by atoms with Gasteiger partial charge in [-0.25, -0.2) is 8.42 Å². The second-order valence-electron chi connectivity index (χ2n) is 4.29. The van der Waals surface area contributed by atoms with Crippen molar-refractivity contribution < 1.29 is 8.42 Å². The van der Waals surface area contributed by atoms with Gasteiger partial charge in [0.25, 0.3) is 0 Å². The number of nitrogens with zero attached hydrogens (tertiary/aromatic N) is 1. The monoisotopic (exact) mass is 272 g/mol. The van der Waals surface area contributed by atoms with E-state index in [1.807, 2.05) is 36.4 Å². The minimum absolute atomic E-state index is 0.0494. The molecule has 0 spiro atoms. The van der Waals surface area contributed by atoms with Gasteiger partial charge in [0, 0.05) is 5.56 Å². The number of para-hydroxylation sites is 1. The first-order valence-electron chi connectivity index (χ1n) is 5.86. The first-order chi connectivity index (χ1) is 9.17. The van der Waals surface area contributed by atoms with Crippen LogP contribution in [0, 0.1) is 0 Å². The number of anilines is 1. The number of hydrogen-bond acceptors (Lipinski definition) is 4. The zero-order valence-electron chi connectivity index (χ0n) is 10.1. The van der Waals surface area contributed by atoms with Crippen molar-refractivity contribution in [3.63, 3.8) is 0 Å². The van der Waals surface area contributed by atoms with Gasteiger partial charge >= 0.3 is 0 Å². The van der Waals surface area contributed by atoms with Gasteiger partial charge in [0.2, 0.25) is 0 Å². The van der Waals surface area contributed by atoms with Crippen molar-refractivity contribution in [2.24, 2.45) is 5.10 Å². The number of benzene rings is 2. The van der Waals surface area contributed by atoms with E-state index in [0.717, 1.165) is 5.69 Å². The summed E-state index contributed by atoms with van der Waals surface area (Å²) in [5, 5.41) is 4.22. The number of hydrogen-bond donors (Lipinski definition) is 1. The highest BCUT2D eigenvalue weighted by atomic mass is 32.2. The second kappa shape index (κ2) is 4.51. The van der Waals surface area contributed by atoms with E-state index in [9.17, 15) is 8.42 Å². The van der Waals surface area contributed by atoms with Crippen molar-refractivity contribution in [1.82, 2.24) is 0 Å². The molecule has 1 N–H and O–H groups in total. The molecule has 0 bridgehead atoms. The van der Waals surface area contributed by atoms with E-state index in [1.54, 1.807) is 18.2 Å². The third-order valence-corrected chi connectivity index (χ3v) is 4.63. The molecule has 0 saturated carbocycles. The lowest BCUT2D eigenvalue weighted by Crippen LogP contribution is -2.07. The van der Waals surface area contributed by atoms with E-state index in [-0.39, 0.29) is 5.75 Å². The molecule has 19 heavy (non-hydrogen) atoms. The lowest BCUT2D eigenvalue weighted by Gasteiger charge is -2.01. The Morgan fingerprint density at radius 2 is 1.63 bits per heavy atom. The summed E-state index contributed by atoms with van der Waals surface area (Å²) in [5.74, 6) is -0.0494. The summed E-state index contributed by atoms with van der Waals surface area (Å²) in [5.41, 5.74) is 4.96. The minimum atomic E-state index is -3.23. The minimum Gasteiger partial charge on any atom is -0.278 e. The van der Waals surface area contributed by atoms with Crippen LogP contribution in [0.1, 0.15) is 5.56 Å². The van der Waals surface area contributed by atoms with E-state index in [1.165, 1.54) is 0 Å². The van der Waals surface area contributed by atoms with Gasteiger partial charge in [0.15, 0.2) is 9.84 Å². The van der Waals surface area contributed by atoms with Crippen LogP contribution in [0.3, 0.4) is 0 Å². The van der Waals surface area contributed by atoms with Gasteiger partial charge in [-0.2, -0.15) is 5.10 Å². The standard InChI is InChI=1S/C14H12N2O2S/c17-19(18)10-13(12-8-4-5-9-14(12)19)16-15-11-6-2-1-3-7-11/h1-9,15H,10H2/b16-13+. The smallest absolute Gasteiger partial charge is 0.184 e. The first kappa shape index (κ1) is 11.9.